The van der Waals surface area contributed by atoms with Crippen LogP contribution in [-0.2, 0) is 11.2 Å². The lowest BCUT2D eigenvalue weighted by Gasteiger charge is -2.28. The highest BCUT2D eigenvalue weighted by Crippen LogP contribution is 2.39. The molecule has 1 aromatic heterocycles. The summed E-state index contributed by atoms with van der Waals surface area (Å²) in [6.07, 6.45) is 7.24. The summed E-state index contributed by atoms with van der Waals surface area (Å²) in [4.78, 5) is 21.5. The van der Waals surface area contributed by atoms with E-state index >= 15 is 0 Å². The Morgan fingerprint density at radius 3 is 2.96 bits per heavy atom. The molecule has 1 aliphatic rings. The zero-order chi connectivity index (χ0) is 17.3. The third-order valence-corrected chi connectivity index (χ3v) is 4.09. The zero-order valence-electron chi connectivity index (χ0n) is 12.8. The van der Waals surface area contributed by atoms with E-state index in [-0.39, 0.29) is 41.1 Å². The number of halogens is 2. The van der Waals surface area contributed by atoms with Crippen molar-refractivity contribution in [3.05, 3.63) is 35.0 Å². The average molecular weight is 346 g/mol. The molecular formula is C17H13ClFN3O2. The molecule has 5 nitrogen and oxygen atoms in total. The maximum atomic E-state index is 14.5. The molecule has 0 N–H and O–H groups in total. The highest BCUT2D eigenvalue weighted by molar-refractivity contribution is 6.33. The zero-order valence-corrected chi connectivity index (χ0v) is 13.6. The number of aromatic nitrogens is 2. The topological polar surface area (TPSA) is 55.3 Å². The highest BCUT2D eigenvalue weighted by atomic mass is 35.5. The number of anilines is 1. The van der Waals surface area contributed by atoms with Gasteiger partial charge in [-0.1, -0.05) is 24.4 Å². The molecule has 0 fully saturated rings. The van der Waals surface area contributed by atoms with Gasteiger partial charge in [-0.2, -0.15) is 0 Å². The summed E-state index contributed by atoms with van der Waals surface area (Å²) >= 11 is 6.29. The van der Waals surface area contributed by atoms with E-state index in [0.717, 1.165) is 0 Å². The molecule has 0 radical (unpaired) electrons. The van der Waals surface area contributed by atoms with Crippen LogP contribution in [0.1, 0.15) is 12.6 Å². The van der Waals surface area contributed by atoms with Crippen LogP contribution < -0.4 is 9.64 Å². The van der Waals surface area contributed by atoms with Gasteiger partial charge in [0.1, 0.15) is 17.9 Å². The molecule has 122 valence electrons. The van der Waals surface area contributed by atoms with Crippen molar-refractivity contribution in [2.45, 2.75) is 13.3 Å². The van der Waals surface area contributed by atoms with Crippen molar-refractivity contribution in [1.29, 1.82) is 0 Å². The van der Waals surface area contributed by atoms with E-state index in [1.54, 1.807) is 0 Å². The van der Waals surface area contributed by atoms with Crippen molar-refractivity contribution in [3.8, 4) is 29.4 Å². The van der Waals surface area contributed by atoms with Crippen molar-refractivity contribution in [3.63, 3.8) is 0 Å². The van der Waals surface area contributed by atoms with Crippen LogP contribution in [0, 0.1) is 18.2 Å². The second-order valence-corrected chi connectivity index (χ2v) is 5.49. The Kier molecular flexibility index (Phi) is 4.36. The second-order valence-electron chi connectivity index (χ2n) is 5.11. The minimum absolute atomic E-state index is 0.0674. The van der Waals surface area contributed by atoms with Gasteiger partial charge in [-0.3, -0.25) is 9.69 Å². The number of carbonyl (C=O) groups is 1. The predicted octanol–water partition coefficient (Wildman–Crippen LogP) is 2.86. The molecule has 1 aromatic carbocycles. The Hall–Kier alpha value is -2.65. The smallest absolute Gasteiger partial charge is 0.265 e. The van der Waals surface area contributed by atoms with Crippen molar-refractivity contribution in [2.75, 3.05) is 18.1 Å². The standard InChI is InChI=1S/C17H13ClFN3O2/c1-3-5-22-13-6-10(11(19)7-14(13)24-8-15(22)23)17-16(18)12(4-2)20-9-21-17/h1,6-7,9H,4-5,8H2,2H3. The van der Waals surface area contributed by atoms with Crippen molar-refractivity contribution >= 4 is 23.2 Å². The molecule has 24 heavy (non-hydrogen) atoms. The lowest BCUT2D eigenvalue weighted by atomic mass is 10.1. The van der Waals surface area contributed by atoms with Gasteiger partial charge < -0.3 is 4.74 Å². The van der Waals surface area contributed by atoms with E-state index in [4.69, 9.17) is 22.8 Å². The molecule has 0 aliphatic carbocycles. The third kappa shape index (κ3) is 2.68. The molecule has 1 amide bonds. The maximum Gasteiger partial charge on any atom is 0.265 e. The Balaban J connectivity index is 2.18. The molecule has 7 heteroatoms. The van der Waals surface area contributed by atoms with Gasteiger partial charge in [0.15, 0.2) is 6.61 Å². The summed E-state index contributed by atoms with van der Waals surface area (Å²) in [5.74, 6) is 1.83. The Morgan fingerprint density at radius 1 is 1.46 bits per heavy atom. The van der Waals surface area contributed by atoms with Crippen molar-refractivity contribution < 1.29 is 13.9 Å². The molecule has 0 spiro atoms. The summed E-state index contributed by atoms with van der Waals surface area (Å²) in [6, 6.07) is 2.69. The fourth-order valence-electron chi connectivity index (χ4n) is 2.51. The fourth-order valence-corrected chi connectivity index (χ4v) is 2.84. The minimum atomic E-state index is -0.550. The molecule has 3 rings (SSSR count). The van der Waals surface area contributed by atoms with Crippen LogP contribution in [0.5, 0.6) is 5.75 Å². The fraction of sp³-hybridized carbons (Fsp3) is 0.235. The normalized spacial score (nSPS) is 13.2. The first-order valence-corrected chi connectivity index (χ1v) is 7.64. The first kappa shape index (κ1) is 16.2. The van der Waals surface area contributed by atoms with Gasteiger partial charge in [0.2, 0.25) is 0 Å². The molecule has 0 atom stereocenters. The molecule has 0 unspecified atom stereocenters. The summed E-state index contributed by atoms with van der Waals surface area (Å²) in [5.41, 5.74) is 1.44. The van der Waals surface area contributed by atoms with Crippen LogP contribution in [0.4, 0.5) is 10.1 Å². The lowest BCUT2D eigenvalue weighted by Crippen LogP contribution is -2.39. The summed E-state index contributed by atoms with van der Waals surface area (Å²) in [7, 11) is 0. The molecule has 0 bridgehead atoms. The van der Waals surface area contributed by atoms with E-state index in [1.807, 2.05) is 6.92 Å². The lowest BCUT2D eigenvalue weighted by molar-refractivity contribution is -0.121. The van der Waals surface area contributed by atoms with Crippen LogP contribution in [0.2, 0.25) is 5.02 Å². The van der Waals surface area contributed by atoms with E-state index in [9.17, 15) is 9.18 Å². The number of carbonyl (C=O) groups excluding carboxylic acids is 1. The highest BCUT2D eigenvalue weighted by Gasteiger charge is 2.27. The van der Waals surface area contributed by atoms with Gasteiger partial charge in [0, 0.05) is 11.6 Å². The van der Waals surface area contributed by atoms with Crippen LogP contribution in [0.15, 0.2) is 18.5 Å². The molecule has 0 saturated carbocycles. The Bertz CT molecular complexity index is 864. The van der Waals surface area contributed by atoms with E-state index < -0.39 is 5.82 Å². The number of benzene rings is 1. The summed E-state index contributed by atoms with van der Waals surface area (Å²) in [6.45, 7) is 1.78. The van der Waals surface area contributed by atoms with Crippen LogP contribution in [-0.4, -0.2) is 29.0 Å². The number of nitrogens with zero attached hydrogens (tertiary/aromatic N) is 3. The van der Waals surface area contributed by atoms with Crippen LogP contribution >= 0.6 is 11.6 Å². The van der Waals surface area contributed by atoms with E-state index in [2.05, 4.69) is 15.9 Å². The first-order chi connectivity index (χ1) is 11.6. The molecule has 1 aliphatic heterocycles. The van der Waals surface area contributed by atoms with Gasteiger partial charge in [0.25, 0.3) is 5.91 Å². The number of ether oxygens (including phenoxy) is 1. The summed E-state index contributed by atoms with van der Waals surface area (Å²) in [5, 5.41) is 0.283. The molecule has 2 heterocycles. The number of hydrogen-bond acceptors (Lipinski definition) is 4. The predicted molar refractivity (Wildman–Crippen MR) is 88.5 cm³/mol. The van der Waals surface area contributed by atoms with Crippen LogP contribution in [0.3, 0.4) is 0 Å². The minimum Gasteiger partial charge on any atom is -0.481 e. The van der Waals surface area contributed by atoms with Gasteiger partial charge in [0.05, 0.1) is 28.6 Å². The quantitative estimate of drug-likeness (QED) is 0.803. The first-order valence-electron chi connectivity index (χ1n) is 7.26. The molecular weight excluding hydrogens is 333 g/mol. The average Bonchev–Trinajstić information content (AvgIpc) is 2.58. The number of amides is 1. The van der Waals surface area contributed by atoms with E-state index in [0.29, 0.717) is 17.8 Å². The summed E-state index contributed by atoms with van der Waals surface area (Å²) < 4.78 is 19.8. The molecule has 2 aromatic rings. The number of hydrogen-bond donors (Lipinski definition) is 0. The van der Waals surface area contributed by atoms with Crippen LogP contribution in [0.25, 0.3) is 11.3 Å². The monoisotopic (exact) mass is 345 g/mol. The Morgan fingerprint density at radius 2 is 2.25 bits per heavy atom. The van der Waals surface area contributed by atoms with Gasteiger partial charge in [-0.05, 0) is 12.5 Å². The Labute approximate surface area is 143 Å². The third-order valence-electron chi connectivity index (χ3n) is 3.69. The maximum absolute atomic E-state index is 14.5. The van der Waals surface area contributed by atoms with Crippen molar-refractivity contribution in [2.24, 2.45) is 0 Å². The van der Waals surface area contributed by atoms with E-state index in [1.165, 1.54) is 23.4 Å². The number of aryl methyl sites for hydroxylation is 1. The van der Waals surface area contributed by atoms with Gasteiger partial charge in [-0.25, -0.2) is 14.4 Å². The SMILES string of the molecule is C#CCN1C(=O)COc2cc(F)c(-c3ncnc(CC)c3Cl)cc21. The van der Waals surface area contributed by atoms with Crippen molar-refractivity contribution in [1.82, 2.24) is 9.97 Å². The number of rotatable bonds is 3. The second kappa shape index (κ2) is 6.46. The number of fused-ring (bicyclic) bond motifs is 1. The number of terminal acetylenes is 1. The largest absolute Gasteiger partial charge is 0.481 e. The van der Waals surface area contributed by atoms with Gasteiger partial charge >= 0.3 is 0 Å². The molecule has 0 saturated heterocycles. The van der Waals surface area contributed by atoms with Gasteiger partial charge in [-0.15, -0.1) is 6.42 Å².